The van der Waals surface area contributed by atoms with Crippen LogP contribution in [0.5, 0.6) is 0 Å². The summed E-state index contributed by atoms with van der Waals surface area (Å²) in [4.78, 5) is 7.55. The van der Waals surface area contributed by atoms with Crippen molar-refractivity contribution in [2.24, 2.45) is 0 Å². The number of hydrogen-bond acceptors (Lipinski definition) is 2. The van der Waals surface area contributed by atoms with Crippen molar-refractivity contribution in [3.63, 3.8) is 0 Å². The minimum absolute atomic E-state index is 0.283. The molecule has 2 unspecified atom stereocenters. The minimum Gasteiger partial charge on any atom is -0.347 e. The number of aromatic amines is 1. The molecule has 0 saturated heterocycles. The standard InChI is InChI=1S/C15H21N3/c1-3-13(12-8-6-5-7-9-12)18-14(4-2)15-16-10-11-17-15/h5-11,13-14,18H,3-4H2,1-2H3,(H,16,17). The first kappa shape index (κ1) is 12.8. The molecule has 1 heterocycles. The zero-order chi connectivity index (χ0) is 12.8. The van der Waals surface area contributed by atoms with Gasteiger partial charge in [0.05, 0.1) is 6.04 Å². The molecule has 1 aromatic heterocycles. The minimum atomic E-state index is 0.283. The van der Waals surface area contributed by atoms with E-state index in [1.807, 2.05) is 12.4 Å². The summed E-state index contributed by atoms with van der Waals surface area (Å²) in [5, 5.41) is 3.68. The van der Waals surface area contributed by atoms with Gasteiger partial charge in [0, 0.05) is 18.4 Å². The zero-order valence-electron chi connectivity index (χ0n) is 11.1. The van der Waals surface area contributed by atoms with Crippen LogP contribution in [0.25, 0.3) is 0 Å². The molecule has 0 spiro atoms. The van der Waals surface area contributed by atoms with E-state index in [9.17, 15) is 0 Å². The first-order valence-corrected chi connectivity index (χ1v) is 6.65. The predicted octanol–water partition coefficient (Wildman–Crippen LogP) is 3.60. The Kier molecular flexibility index (Phi) is 4.53. The molecule has 3 nitrogen and oxygen atoms in total. The van der Waals surface area contributed by atoms with Crippen LogP contribution in [-0.2, 0) is 0 Å². The van der Waals surface area contributed by atoms with Crippen molar-refractivity contribution in [3.8, 4) is 0 Å². The zero-order valence-corrected chi connectivity index (χ0v) is 11.1. The summed E-state index contributed by atoms with van der Waals surface area (Å²) >= 11 is 0. The van der Waals surface area contributed by atoms with Crippen molar-refractivity contribution < 1.29 is 0 Å². The molecular weight excluding hydrogens is 222 g/mol. The van der Waals surface area contributed by atoms with E-state index in [2.05, 4.69) is 59.5 Å². The molecule has 3 heteroatoms. The summed E-state index contributed by atoms with van der Waals surface area (Å²) < 4.78 is 0. The van der Waals surface area contributed by atoms with Crippen LogP contribution in [0, 0.1) is 0 Å². The van der Waals surface area contributed by atoms with Crippen molar-refractivity contribution in [2.75, 3.05) is 0 Å². The number of rotatable bonds is 6. The molecule has 0 amide bonds. The van der Waals surface area contributed by atoms with Crippen LogP contribution in [-0.4, -0.2) is 9.97 Å². The number of nitrogens with one attached hydrogen (secondary N) is 2. The molecule has 0 aliphatic rings. The van der Waals surface area contributed by atoms with Gasteiger partial charge in [-0.15, -0.1) is 0 Å². The molecule has 0 aliphatic carbocycles. The maximum atomic E-state index is 4.35. The molecule has 0 saturated carbocycles. The van der Waals surface area contributed by atoms with Crippen LogP contribution in [0.1, 0.15) is 50.2 Å². The van der Waals surface area contributed by atoms with E-state index < -0.39 is 0 Å². The van der Waals surface area contributed by atoms with Gasteiger partial charge in [0.2, 0.25) is 0 Å². The second kappa shape index (κ2) is 6.36. The van der Waals surface area contributed by atoms with E-state index in [1.54, 1.807) is 0 Å². The van der Waals surface area contributed by atoms with Crippen LogP contribution in [0.15, 0.2) is 42.7 Å². The second-order valence-electron chi connectivity index (χ2n) is 4.47. The summed E-state index contributed by atoms with van der Waals surface area (Å²) in [6, 6.07) is 11.2. The molecule has 2 aromatic rings. The van der Waals surface area contributed by atoms with Gasteiger partial charge in [0.25, 0.3) is 0 Å². The third-order valence-corrected chi connectivity index (χ3v) is 3.27. The lowest BCUT2D eigenvalue weighted by atomic mass is 10.0. The third kappa shape index (κ3) is 2.99. The lowest BCUT2D eigenvalue weighted by Crippen LogP contribution is -2.26. The number of benzene rings is 1. The van der Waals surface area contributed by atoms with Crippen molar-refractivity contribution in [1.82, 2.24) is 15.3 Å². The van der Waals surface area contributed by atoms with Gasteiger partial charge in [0.15, 0.2) is 0 Å². The lowest BCUT2D eigenvalue weighted by molar-refractivity contribution is 0.413. The fourth-order valence-corrected chi connectivity index (χ4v) is 2.24. The molecule has 0 bridgehead atoms. The molecule has 2 rings (SSSR count). The normalized spacial score (nSPS) is 14.3. The smallest absolute Gasteiger partial charge is 0.123 e. The average Bonchev–Trinajstić information content (AvgIpc) is 2.95. The number of nitrogens with zero attached hydrogens (tertiary/aromatic N) is 1. The molecule has 0 fully saturated rings. The Labute approximate surface area is 109 Å². The van der Waals surface area contributed by atoms with Crippen molar-refractivity contribution in [3.05, 3.63) is 54.1 Å². The number of aromatic nitrogens is 2. The Balaban J connectivity index is 2.10. The number of H-pyrrole nitrogens is 1. The summed E-state index contributed by atoms with van der Waals surface area (Å²) in [6.07, 6.45) is 5.78. The average molecular weight is 243 g/mol. The van der Waals surface area contributed by atoms with Crippen LogP contribution < -0.4 is 5.32 Å². The van der Waals surface area contributed by atoms with Gasteiger partial charge in [-0.05, 0) is 18.4 Å². The fourth-order valence-electron chi connectivity index (χ4n) is 2.24. The highest BCUT2D eigenvalue weighted by Crippen LogP contribution is 2.22. The van der Waals surface area contributed by atoms with Crippen molar-refractivity contribution in [1.29, 1.82) is 0 Å². The van der Waals surface area contributed by atoms with Gasteiger partial charge in [-0.25, -0.2) is 4.98 Å². The Hall–Kier alpha value is -1.61. The summed E-state index contributed by atoms with van der Waals surface area (Å²) in [6.45, 7) is 4.39. The molecule has 0 aliphatic heterocycles. The highest BCUT2D eigenvalue weighted by Gasteiger charge is 2.17. The van der Waals surface area contributed by atoms with Crippen LogP contribution in [0.4, 0.5) is 0 Å². The quantitative estimate of drug-likeness (QED) is 0.813. The Morgan fingerprint density at radius 2 is 1.83 bits per heavy atom. The van der Waals surface area contributed by atoms with Gasteiger partial charge >= 0.3 is 0 Å². The maximum absolute atomic E-state index is 4.35. The van der Waals surface area contributed by atoms with E-state index in [0.717, 1.165) is 18.7 Å². The van der Waals surface area contributed by atoms with Gasteiger partial charge in [-0.3, -0.25) is 0 Å². The lowest BCUT2D eigenvalue weighted by Gasteiger charge is -2.23. The fraction of sp³-hybridized carbons (Fsp3) is 0.400. The van der Waals surface area contributed by atoms with E-state index in [1.165, 1.54) is 5.56 Å². The van der Waals surface area contributed by atoms with E-state index >= 15 is 0 Å². The van der Waals surface area contributed by atoms with Crippen molar-refractivity contribution in [2.45, 2.75) is 38.8 Å². The van der Waals surface area contributed by atoms with Crippen LogP contribution in [0.2, 0.25) is 0 Å². The van der Waals surface area contributed by atoms with E-state index in [0.29, 0.717) is 6.04 Å². The summed E-state index contributed by atoms with van der Waals surface area (Å²) in [5.74, 6) is 1.02. The number of hydrogen-bond donors (Lipinski definition) is 2. The number of imidazole rings is 1. The third-order valence-electron chi connectivity index (χ3n) is 3.27. The topological polar surface area (TPSA) is 40.7 Å². The second-order valence-corrected chi connectivity index (χ2v) is 4.47. The Morgan fingerprint density at radius 1 is 1.11 bits per heavy atom. The first-order chi connectivity index (χ1) is 8.85. The SMILES string of the molecule is CCC(NC(CC)c1ncc[nH]1)c1ccccc1. The predicted molar refractivity (Wildman–Crippen MR) is 74.2 cm³/mol. The summed E-state index contributed by atoms with van der Waals surface area (Å²) in [7, 11) is 0. The van der Waals surface area contributed by atoms with Gasteiger partial charge in [-0.1, -0.05) is 44.2 Å². The molecule has 18 heavy (non-hydrogen) atoms. The van der Waals surface area contributed by atoms with Crippen LogP contribution in [0.3, 0.4) is 0 Å². The molecule has 0 radical (unpaired) electrons. The van der Waals surface area contributed by atoms with Crippen molar-refractivity contribution >= 4 is 0 Å². The van der Waals surface area contributed by atoms with Gasteiger partial charge in [-0.2, -0.15) is 0 Å². The monoisotopic (exact) mass is 243 g/mol. The Bertz CT molecular complexity index is 436. The highest BCUT2D eigenvalue weighted by atomic mass is 15.0. The molecular formula is C15H21N3. The van der Waals surface area contributed by atoms with E-state index in [4.69, 9.17) is 0 Å². The van der Waals surface area contributed by atoms with Crippen LogP contribution >= 0.6 is 0 Å². The van der Waals surface area contributed by atoms with Gasteiger partial charge < -0.3 is 10.3 Å². The first-order valence-electron chi connectivity index (χ1n) is 6.65. The highest BCUT2D eigenvalue weighted by molar-refractivity contribution is 5.19. The largest absolute Gasteiger partial charge is 0.347 e. The van der Waals surface area contributed by atoms with Gasteiger partial charge in [0.1, 0.15) is 5.82 Å². The summed E-state index contributed by atoms with van der Waals surface area (Å²) in [5.41, 5.74) is 1.34. The van der Waals surface area contributed by atoms with E-state index in [-0.39, 0.29) is 6.04 Å². The maximum Gasteiger partial charge on any atom is 0.123 e. The molecule has 1 aromatic carbocycles. The molecule has 96 valence electrons. The Morgan fingerprint density at radius 3 is 2.39 bits per heavy atom. The molecule has 2 atom stereocenters. The molecule has 2 N–H and O–H groups in total.